The molecule has 1 N–H and O–H groups in total. The molecule has 0 heterocycles. The first kappa shape index (κ1) is 21.4. The van der Waals surface area contributed by atoms with Gasteiger partial charge in [-0.25, -0.2) is 4.79 Å². The standard InChI is InChI=1S/C17H26NO6P/c1-5-6-7-15(17(20)22-2)18-16(19)14-10-8-13(9-11-14)12-25(21,23-3)24-4/h8-11,15H,5-7,12H2,1-4H3,(H,18,19)/t15-/m1/s1. The van der Waals surface area contributed by atoms with E-state index in [1.165, 1.54) is 21.3 Å². The highest BCUT2D eigenvalue weighted by molar-refractivity contribution is 7.52. The molecule has 1 amide bonds. The third kappa shape index (κ3) is 6.61. The minimum atomic E-state index is -3.16. The molecule has 7 nitrogen and oxygen atoms in total. The third-order valence-corrected chi connectivity index (χ3v) is 5.65. The summed E-state index contributed by atoms with van der Waals surface area (Å²) < 4.78 is 26.7. The van der Waals surface area contributed by atoms with Gasteiger partial charge in [0.2, 0.25) is 0 Å². The average molecular weight is 371 g/mol. The molecule has 0 saturated carbocycles. The lowest BCUT2D eigenvalue weighted by atomic mass is 10.1. The lowest BCUT2D eigenvalue weighted by Crippen LogP contribution is -2.41. The van der Waals surface area contributed by atoms with E-state index in [1.54, 1.807) is 24.3 Å². The molecule has 1 atom stereocenters. The van der Waals surface area contributed by atoms with Crippen LogP contribution in [0.4, 0.5) is 0 Å². The molecule has 0 aliphatic carbocycles. The van der Waals surface area contributed by atoms with Gasteiger partial charge in [-0.3, -0.25) is 9.36 Å². The Morgan fingerprint density at radius 3 is 2.20 bits per heavy atom. The molecule has 25 heavy (non-hydrogen) atoms. The van der Waals surface area contributed by atoms with E-state index < -0.39 is 19.6 Å². The van der Waals surface area contributed by atoms with Gasteiger partial charge in [-0.2, -0.15) is 0 Å². The number of esters is 1. The van der Waals surface area contributed by atoms with Crippen LogP contribution in [0.5, 0.6) is 0 Å². The van der Waals surface area contributed by atoms with Crippen LogP contribution in [0, 0.1) is 0 Å². The van der Waals surface area contributed by atoms with Gasteiger partial charge in [-0.15, -0.1) is 0 Å². The van der Waals surface area contributed by atoms with E-state index in [2.05, 4.69) is 5.32 Å². The van der Waals surface area contributed by atoms with Crippen LogP contribution in [0.15, 0.2) is 24.3 Å². The fourth-order valence-electron chi connectivity index (χ4n) is 2.23. The quantitative estimate of drug-likeness (QED) is 0.502. The largest absolute Gasteiger partial charge is 0.467 e. The molecule has 1 aromatic rings. The monoisotopic (exact) mass is 371 g/mol. The van der Waals surface area contributed by atoms with Gasteiger partial charge in [0.25, 0.3) is 5.91 Å². The summed E-state index contributed by atoms with van der Waals surface area (Å²) in [6.45, 7) is 2.01. The molecule has 0 radical (unpaired) electrons. The van der Waals surface area contributed by atoms with Crippen LogP contribution in [0.25, 0.3) is 0 Å². The molecule has 1 rings (SSSR count). The number of rotatable bonds is 10. The van der Waals surface area contributed by atoms with Crippen LogP contribution >= 0.6 is 7.60 Å². The van der Waals surface area contributed by atoms with Crippen LogP contribution in [-0.4, -0.2) is 39.2 Å². The van der Waals surface area contributed by atoms with Gasteiger partial charge in [0.15, 0.2) is 0 Å². The van der Waals surface area contributed by atoms with E-state index in [-0.39, 0.29) is 12.1 Å². The van der Waals surface area contributed by atoms with Gasteiger partial charge >= 0.3 is 13.6 Å². The summed E-state index contributed by atoms with van der Waals surface area (Å²) in [5.41, 5.74) is 1.12. The number of hydrogen-bond donors (Lipinski definition) is 1. The van der Waals surface area contributed by atoms with Crippen LogP contribution in [-0.2, 0) is 29.3 Å². The summed E-state index contributed by atoms with van der Waals surface area (Å²) in [6.07, 6.45) is 2.36. The van der Waals surface area contributed by atoms with Crippen molar-refractivity contribution in [3.8, 4) is 0 Å². The maximum absolute atomic E-state index is 12.3. The molecule has 0 aliphatic rings. The highest BCUT2D eigenvalue weighted by Gasteiger charge is 2.23. The minimum absolute atomic E-state index is 0.114. The topological polar surface area (TPSA) is 90.9 Å². The predicted molar refractivity (Wildman–Crippen MR) is 94.6 cm³/mol. The molecular formula is C17H26NO6P. The SMILES string of the molecule is CCCC[C@@H](NC(=O)c1ccc(CP(=O)(OC)OC)cc1)C(=O)OC. The fraction of sp³-hybridized carbons (Fsp3) is 0.529. The first-order valence-electron chi connectivity index (χ1n) is 8.07. The first-order chi connectivity index (χ1) is 11.9. The Balaban J connectivity index is 2.78. The fourth-order valence-corrected chi connectivity index (χ4v) is 3.30. The Bertz CT molecular complexity index is 608. The van der Waals surface area contributed by atoms with Crippen LogP contribution < -0.4 is 5.32 Å². The Morgan fingerprint density at radius 1 is 1.12 bits per heavy atom. The highest BCUT2D eigenvalue weighted by atomic mass is 31.2. The predicted octanol–water partition coefficient (Wildman–Crippen LogP) is 3.13. The number of amides is 1. The number of nitrogens with one attached hydrogen (secondary N) is 1. The Labute approximate surface area is 148 Å². The third-order valence-electron chi connectivity index (χ3n) is 3.79. The molecule has 1 aromatic carbocycles. The van der Waals surface area contributed by atoms with Crippen LogP contribution in [0.2, 0.25) is 0 Å². The highest BCUT2D eigenvalue weighted by Crippen LogP contribution is 2.49. The van der Waals surface area contributed by atoms with Crippen molar-refractivity contribution in [1.82, 2.24) is 5.32 Å². The summed E-state index contributed by atoms with van der Waals surface area (Å²) in [5.74, 6) is -0.820. The van der Waals surface area contributed by atoms with E-state index in [1.807, 2.05) is 6.92 Å². The maximum Gasteiger partial charge on any atom is 0.334 e. The second-order valence-corrected chi connectivity index (χ2v) is 7.79. The molecule has 8 heteroatoms. The molecule has 140 valence electrons. The normalized spacial score (nSPS) is 12.5. The number of ether oxygens (including phenoxy) is 1. The summed E-state index contributed by atoms with van der Waals surface area (Å²) in [6, 6.07) is 5.90. The molecule has 0 fully saturated rings. The Morgan fingerprint density at radius 2 is 1.72 bits per heavy atom. The molecular weight excluding hydrogens is 345 g/mol. The first-order valence-corrected chi connectivity index (χ1v) is 9.80. The van der Waals surface area contributed by atoms with E-state index in [0.717, 1.165) is 18.4 Å². The van der Waals surface area contributed by atoms with Crippen molar-refractivity contribution < 1.29 is 27.9 Å². The summed E-state index contributed by atoms with van der Waals surface area (Å²) in [5, 5.41) is 2.69. The van der Waals surface area contributed by atoms with Gasteiger partial charge < -0.3 is 19.1 Å². The van der Waals surface area contributed by atoms with Gasteiger partial charge in [-0.05, 0) is 24.1 Å². The van der Waals surface area contributed by atoms with E-state index >= 15 is 0 Å². The lowest BCUT2D eigenvalue weighted by Gasteiger charge is -2.16. The molecule has 0 aromatic heterocycles. The number of methoxy groups -OCH3 is 1. The molecule has 0 bridgehead atoms. The van der Waals surface area contributed by atoms with Crippen molar-refractivity contribution in [3.05, 3.63) is 35.4 Å². The van der Waals surface area contributed by atoms with Crippen molar-refractivity contribution in [2.45, 2.75) is 38.4 Å². The summed E-state index contributed by atoms with van der Waals surface area (Å²) in [7, 11) is 0.799. The summed E-state index contributed by atoms with van der Waals surface area (Å²) >= 11 is 0. The summed E-state index contributed by atoms with van der Waals surface area (Å²) in [4.78, 5) is 24.1. The maximum atomic E-state index is 12.3. The van der Waals surface area contributed by atoms with Gasteiger partial charge in [-0.1, -0.05) is 31.9 Å². The van der Waals surface area contributed by atoms with Gasteiger partial charge in [0.1, 0.15) is 6.04 Å². The zero-order valence-electron chi connectivity index (χ0n) is 15.1. The van der Waals surface area contributed by atoms with E-state index in [0.29, 0.717) is 12.0 Å². The van der Waals surface area contributed by atoms with Crippen molar-refractivity contribution >= 4 is 19.5 Å². The average Bonchev–Trinajstić information content (AvgIpc) is 2.64. The molecule has 0 saturated heterocycles. The second kappa shape index (κ2) is 10.3. The zero-order valence-corrected chi connectivity index (χ0v) is 16.0. The smallest absolute Gasteiger partial charge is 0.334 e. The van der Waals surface area contributed by atoms with E-state index in [4.69, 9.17) is 13.8 Å². The Kier molecular flexibility index (Phi) is 8.83. The van der Waals surface area contributed by atoms with Crippen molar-refractivity contribution in [1.29, 1.82) is 0 Å². The minimum Gasteiger partial charge on any atom is -0.467 e. The molecule has 0 unspecified atom stereocenters. The number of unbranched alkanes of at least 4 members (excludes halogenated alkanes) is 1. The second-order valence-electron chi connectivity index (χ2n) is 5.52. The van der Waals surface area contributed by atoms with E-state index in [9.17, 15) is 14.2 Å². The number of carbonyl (C=O) groups excluding carboxylic acids is 2. The van der Waals surface area contributed by atoms with Crippen molar-refractivity contribution in [2.24, 2.45) is 0 Å². The number of hydrogen-bond acceptors (Lipinski definition) is 6. The lowest BCUT2D eigenvalue weighted by molar-refractivity contribution is -0.143. The number of benzene rings is 1. The van der Waals surface area contributed by atoms with Gasteiger partial charge in [0.05, 0.1) is 13.3 Å². The van der Waals surface area contributed by atoms with Crippen LogP contribution in [0.3, 0.4) is 0 Å². The van der Waals surface area contributed by atoms with Gasteiger partial charge in [0, 0.05) is 19.8 Å². The van der Waals surface area contributed by atoms with Crippen molar-refractivity contribution in [2.75, 3.05) is 21.3 Å². The zero-order chi connectivity index (χ0) is 18.9. The number of carbonyl (C=O) groups is 2. The molecule has 0 aliphatic heterocycles. The molecule has 0 spiro atoms. The van der Waals surface area contributed by atoms with Crippen LogP contribution in [0.1, 0.15) is 42.1 Å². The van der Waals surface area contributed by atoms with Crippen molar-refractivity contribution in [3.63, 3.8) is 0 Å². The Hall–Kier alpha value is -1.69.